The minimum Gasteiger partial charge on any atom is -0.348 e. The van der Waals surface area contributed by atoms with Crippen molar-refractivity contribution >= 4 is 16.5 Å². The number of aromatic nitrogens is 1. The molecule has 1 saturated heterocycles. The summed E-state index contributed by atoms with van der Waals surface area (Å²) in [5.41, 5.74) is 1.37. The van der Waals surface area contributed by atoms with Gasteiger partial charge in [0.2, 0.25) is 0 Å². The second kappa shape index (κ2) is 5.80. The first kappa shape index (κ1) is 13.4. The van der Waals surface area contributed by atoms with Crippen molar-refractivity contribution in [3.05, 3.63) is 10.6 Å². The van der Waals surface area contributed by atoms with Gasteiger partial charge in [-0.15, -0.1) is 0 Å². The number of rotatable bonds is 3. The zero-order valence-electron chi connectivity index (χ0n) is 12.1. The topological polar surface area (TPSA) is 28.2 Å². The normalized spacial score (nSPS) is 24.5. The van der Waals surface area contributed by atoms with Gasteiger partial charge in [-0.3, -0.25) is 0 Å². The highest BCUT2D eigenvalue weighted by atomic mass is 32.1. The molecule has 3 nitrogen and oxygen atoms in total. The highest BCUT2D eigenvalue weighted by Crippen LogP contribution is 2.38. The van der Waals surface area contributed by atoms with Gasteiger partial charge in [0.25, 0.3) is 0 Å². The summed E-state index contributed by atoms with van der Waals surface area (Å²) in [4.78, 5) is 8.96. The lowest BCUT2D eigenvalue weighted by Gasteiger charge is -2.29. The van der Waals surface area contributed by atoms with Crippen molar-refractivity contribution in [2.45, 2.75) is 52.0 Å². The third kappa shape index (κ3) is 2.79. The molecule has 1 aliphatic heterocycles. The number of fused-ring (bicyclic) bond motifs is 1. The Morgan fingerprint density at radius 1 is 1.32 bits per heavy atom. The van der Waals surface area contributed by atoms with Crippen LogP contribution in [0.5, 0.6) is 0 Å². The van der Waals surface area contributed by atoms with E-state index in [9.17, 15) is 0 Å². The van der Waals surface area contributed by atoms with Gasteiger partial charge in [0.05, 0.1) is 5.69 Å². The average molecular weight is 279 g/mol. The van der Waals surface area contributed by atoms with Gasteiger partial charge in [-0.05, 0) is 44.6 Å². The second-order valence-corrected chi connectivity index (χ2v) is 6.99. The Morgan fingerprint density at radius 3 is 2.84 bits per heavy atom. The maximum Gasteiger partial charge on any atom is 0.185 e. The van der Waals surface area contributed by atoms with E-state index in [4.69, 9.17) is 4.98 Å². The summed E-state index contributed by atoms with van der Waals surface area (Å²) in [6.45, 7) is 8.01. The zero-order chi connectivity index (χ0) is 13.2. The highest BCUT2D eigenvalue weighted by Gasteiger charge is 2.26. The molecular formula is C15H25N3S. The number of aryl methyl sites for hydroxylation is 1. The first-order valence-electron chi connectivity index (χ1n) is 7.76. The summed E-state index contributed by atoms with van der Waals surface area (Å²) in [5, 5.41) is 4.90. The Labute approximate surface area is 120 Å². The fraction of sp³-hybridized carbons (Fsp3) is 0.800. The number of thiazole rings is 1. The lowest BCUT2D eigenvalue weighted by Crippen LogP contribution is -2.32. The van der Waals surface area contributed by atoms with Crippen LogP contribution in [0.3, 0.4) is 0 Å². The summed E-state index contributed by atoms with van der Waals surface area (Å²) in [6, 6.07) is 0.559. The van der Waals surface area contributed by atoms with E-state index in [1.807, 2.05) is 11.3 Å². The van der Waals surface area contributed by atoms with Crippen LogP contribution in [0.2, 0.25) is 0 Å². The molecule has 2 heterocycles. The number of hydrogen-bond acceptors (Lipinski definition) is 4. The van der Waals surface area contributed by atoms with Crippen LogP contribution < -0.4 is 10.2 Å². The minimum absolute atomic E-state index is 0.559. The second-order valence-electron chi connectivity index (χ2n) is 5.98. The van der Waals surface area contributed by atoms with Gasteiger partial charge < -0.3 is 10.2 Å². The van der Waals surface area contributed by atoms with E-state index in [1.54, 1.807) is 0 Å². The molecule has 4 heteroatoms. The van der Waals surface area contributed by atoms with Crippen molar-refractivity contribution < 1.29 is 0 Å². The molecule has 106 valence electrons. The first-order valence-corrected chi connectivity index (χ1v) is 8.57. The molecule has 3 rings (SSSR count). The van der Waals surface area contributed by atoms with Crippen LogP contribution in [-0.2, 0) is 6.42 Å². The summed E-state index contributed by atoms with van der Waals surface area (Å²) >= 11 is 1.94. The third-order valence-corrected chi connectivity index (χ3v) is 5.72. The van der Waals surface area contributed by atoms with Crippen LogP contribution in [0.15, 0.2) is 0 Å². The smallest absolute Gasteiger partial charge is 0.185 e. The summed E-state index contributed by atoms with van der Waals surface area (Å²) in [6.07, 6.45) is 6.38. The number of anilines is 1. The predicted molar refractivity (Wildman–Crippen MR) is 82.1 cm³/mol. The monoisotopic (exact) mass is 279 g/mol. The largest absolute Gasteiger partial charge is 0.348 e. The molecule has 0 amide bonds. The molecular weight excluding hydrogens is 254 g/mol. The molecule has 1 aromatic rings. The lowest BCUT2D eigenvalue weighted by atomic mass is 9.98. The van der Waals surface area contributed by atoms with Crippen molar-refractivity contribution in [3.63, 3.8) is 0 Å². The van der Waals surface area contributed by atoms with E-state index >= 15 is 0 Å². The number of nitrogens with zero attached hydrogens (tertiary/aromatic N) is 2. The Hall–Kier alpha value is -0.610. The molecule has 2 aliphatic rings. The van der Waals surface area contributed by atoms with Gasteiger partial charge in [-0.2, -0.15) is 0 Å². The Balaban J connectivity index is 1.77. The van der Waals surface area contributed by atoms with Gasteiger partial charge in [-0.25, -0.2) is 4.98 Å². The SMILES string of the molecule is CCNC1CCCc2nc(N3CCC(C)CC3)sc21. The maximum atomic E-state index is 4.94. The Bertz CT molecular complexity index is 421. The minimum atomic E-state index is 0.559. The van der Waals surface area contributed by atoms with Crippen LogP contribution in [0.1, 0.15) is 56.1 Å². The summed E-state index contributed by atoms with van der Waals surface area (Å²) < 4.78 is 0. The van der Waals surface area contributed by atoms with Crippen molar-refractivity contribution in [3.8, 4) is 0 Å². The zero-order valence-corrected chi connectivity index (χ0v) is 12.9. The van der Waals surface area contributed by atoms with Crippen LogP contribution in [-0.4, -0.2) is 24.6 Å². The standard InChI is InChI=1S/C15H25N3S/c1-3-16-12-5-4-6-13-14(12)19-15(17-13)18-9-7-11(2)8-10-18/h11-12,16H,3-10H2,1-2H3. The number of piperidine rings is 1. The van der Waals surface area contributed by atoms with Crippen LogP contribution in [0, 0.1) is 5.92 Å². The van der Waals surface area contributed by atoms with E-state index in [0.717, 1.165) is 12.5 Å². The Kier molecular flexibility index (Phi) is 4.08. The maximum absolute atomic E-state index is 4.94. The summed E-state index contributed by atoms with van der Waals surface area (Å²) in [5.74, 6) is 0.889. The van der Waals surface area contributed by atoms with Crippen LogP contribution in [0.25, 0.3) is 0 Å². The molecule has 1 aromatic heterocycles. The van der Waals surface area contributed by atoms with E-state index in [2.05, 4.69) is 24.1 Å². The average Bonchev–Trinajstić information content (AvgIpc) is 2.85. The van der Waals surface area contributed by atoms with Gasteiger partial charge in [0.15, 0.2) is 5.13 Å². The predicted octanol–water partition coefficient (Wildman–Crippen LogP) is 3.37. The van der Waals surface area contributed by atoms with Gasteiger partial charge in [0.1, 0.15) is 0 Å². The van der Waals surface area contributed by atoms with E-state index in [0.29, 0.717) is 6.04 Å². The number of nitrogens with one attached hydrogen (secondary N) is 1. The van der Waals surface area contributed by atoms with Crippen LogP contribution in [0.4, 0.5) is 5.13 Å². The molecule has 0 spiro atoms. The molecule has 1 aliphatic carbocycles. The van der Waals surface area contributed by atoms with Gasteiger partial charge in [-0.1, -0.05) is 25.2 Å². The molecule has 1 N–H and O–H groups in total. The first-order chi connectivity index (χ1) is 9.28. The highest BCUT2D eigenvalue weighted by molar-refractivity contribution is 7.15. The molecule has 0 bridgehead atoms. The quantitative estimate of drug-likeness (QED) is 0.919. The molecule has 0 aromatic carbocycles. The van der Waals surface area contributed by atoms with Crippen molar-refractivity contribution in [1.29, 1.82) is 0 Å². The molecule has 0 radical (unpaired) electrons. The van der Waals surface area contributed by atoms with Crippen LogP contribution >= 0.6 is 11.3 Å². The Morgan fingerprint density at radius 2 is 2.11 bits per heavy atom. The van der Waals surface area contributed by atoms with Gasteiger partial charge in [0, 0.05) is 24.0 Å². The fourth-order valence-corrected chi connectivity index (χ4v) is 4.46. The van der Waals surface area contributed by atoms with Crippen molar-refractivity contribution in [2.75, 3.05) is 24.5 Å². The van der Waals surface area contributed by atoms with Crippen molar-refractivity contribution in [1.82, 2.24) is 10.3 Å². The fourth-order valence-electron chi connectivity index (χ4n) is 3.18. The molecule has 1 atom stereocenters. The molecule has 1 unspecified atom stereocenters. The lowest BCUT2D eigenvalue weighted by molar-refractivity contribution is 0.438. The van der Waals surface area contributed by atoms with Gasteiger partial charge >= 0.3 is 0 Å². The van der Waals surface area contributed by atoms with E-state index < -0.39 is 0 Å². The molecule has 0 saturated carbocycles. The molecule has 19 heavy (non-hydrogen) atoms. The third-order valence-electron chi connectivity index (χ3n) is 4.44. The van der Waals surface area contributed by atoms with E-state index in [-0.39, 0.29) is 0 Å². The molecule has 1 fully saturated rings. The van der Waals surface area contributed by atoms with Crippen molar-refractivity contribution in [2.24, 2.45) is 5.92 Å². The summed E-state index contributed by atoms with van der Waals surface area (Å²) in [7, 11) is 0. The number of hydrogen-bond donors (Lipinski definition) is 1. The van der Waals surface area contributed by atoms with E-state index in [1.165, 1.54) is 60.9 Å².